The molecule has 0 bridgehead atoms. The van der Waals surface area contributed by atoms with E-state index in [4.69, 9.17) is 4.74 Å². The summed E-state index contributed by atoms with van der Waals surface area (Å²) in [5, 5.41) is 7.41. The number of likely N-dealkylation sites (tertiary alicyclic amines) is 1. The molecule has 148 valence electrons. The molecule has 7 heteroatoms. The molecular formula is C21H26FN5O. The second-order valence-electron chi connectivity index (χ2n) is 7.68. The Morgan fingerprint density at radius 3 is 2.96 bits per heavy atom. The lowest BCUT2D eigenvalue weighted by atomic mass is 9.82. The van der Waals surface area contributed by atoms with Crippen LogP contribution in [0.15, 0.2) is 36.8 Å². The maximum Gasteiger partial charge on any atom is 0.129 e. The van der Waals surface area contributed by atoms with E-state index in [0.29, 0.717) is 0 Å². The molecule has 0 radical (unpaired) electrons. The molecule has 4 rings (SSSR count). The zero-order chi connectivity index (χ0) is 19.4. The van der Waals surface area contributed by atoms with Crippen molar-refractivity contribution in [2.45, 2.75) is 32.7 Å². The summed E-state index contributed by atoms with van der Waals surface area (Å²) in [4.78, 5) is 10.8. The quantitative estimate of drug-likeness (QED) is 0.646. The SMILES string of the molecule is CCOC[C@]1(CCc2ccc(F)cc2)CCN(Cc2[nH]nc3cncnc23)C1. The van der Waals surface area contributed by atoms with Gasteiger partial charge in [-0.25, -0.2) is 14.4 Å². The number of aromatic nitrogens is 4. The smallest absolute Gasteiger partial charge is 0.129 e. The van der Waals surface area contributed by atoms with E-state index in [-0.39, 0.29) is 11.2 Å². The molecule has 1 N–H and O–H groups in total. The fourth-order valence-electron chi connectivity index (χ4n) is 4.09. The molecule has 0 spiro atoms. The first-order chi connectivity index (χ1) is 13.7. The minimum absolute atomic E-state index is 0.120. The molecule has 1 fully saturated rings. The lowest BCUT2D eigenvalue weighted by Gasteiger charge is -2.29. The molecule has 1 aliphatic rings. The summed E-state index contributed by atoms with van der Waals surface area (Å²) in [5.74, 6) is -0.185. The lowest BCUT2D eigenvalue weighted by Crippen LogP contribution is -2.32. The van der Waals surface area contributed by atoms with Crippen LogP contribution in [-0.4, -0.2) is 51.4 Å². The van der Waals surface area contributed by atoms with Crippen LogP contribution in [0.2, 0.25) is 0 Å². The summed E-state index contributed by atoms with van der Waals surface area (Å²) in [6, 6.07) is 6.84. The summed E-state index contributed by atoms with van der Waals surface area (Å²) in [5.41, 5.74) is 4.02. The fourth-order valence-corrected chi connectivity index (χ4v) is 4.09. The van der Waals surface area contributed by atoms with Crippen molar-refractivity contribution in [1.29, 1.82) is 0 Å². The van der Waals surface area contributed by atoms with Crippen molar-refractivity contribution < 1.29 is 9.13 Å². The number of aromatic amines is 1. The van der Waals surface area contributed by atoms with Crippen LogP contribution < -0.4 is 0 Å². The molecule has 28 heavy (non-hydrogen) atoms. The van der Waals surface area contributed by atoms with E-state index < -0.39 is 0 Å². The first kappa shape index (κ1) is 19.0. The first-order valence-electron chi connectivity index (χ1n) is 9.85. The van der Waals surface area contributed by atoms with Crippen LogP contribution in [0.5, 0.6) is 0 Å². The van der Waals surface area contributed by atoms with Crippen molar-refractivity contribution in [2.24, 2.45) is 5.41 Å². The Hall–Kier alpha value is -2.38. The zero-order valence-corrected chi connectivity index (χ0v) is 16.2. The predicted molar refractivity (Wildman–Crippen MR) is 105 cm³/mol. The van der Waals surface area contributed by atoms with Gasteiger partial charge in [0.25, 0.3) is 0 Å². The van der Waals surface area contributed by atoms with E-state index in [1.807, 2.05) is 19.1 Å². The number of nitrogens with zero attached hydrogens (tertiary/aromatic N) is 4. The summed E-state index contributed by atoms with van der Waals surface area (Å²) in [7, 11) is 0. The normalized spacial score (nSPS) is 20.2. The molecule has 0 aliphatic carbocycles. The van der Waals surface area contributed by atoms with Crippen LogP contribution in [0, 0.1) is 11.2 Å². The van der Waals surface area contributed by atoms with Crippen molar-refractivity contribution in [3.63, 3.8) is 0 Å². The first-order valence-corrected chi connectivity index (χ1v) is 9.85. The van der Waals surface area contributed by atoms with E-state index in [1.165, 1.54) is 17.7 Å². The van der Waals surface area contributed by atoms with Gasteiger partial charge in [0.1, 0.15) is 23.2 Å². The Labute approximate surface area is 164 Å². The molecule has 3 heterocycles. The van der Waals surface area contributed by atoms with Gasteiger partial charge in [-0.3, -0.25) is 10.00 Å². The van der Waals surface area contributed by atoms with Crippen LogP contribution in [0.3, 0.4) is 0 Å². The van der Waals surface area contributed by atoms with Gasteiger partial charge in [0.15, 0.2) is 0 Å². The Kier molecular flexibility index (Phi) is 5.64. The number of nitrogens with one attached hydrogen (secondary N) is 1. The highest BCUT2D eigenvalue weighted by molar-refractivity contribution is 5.75. The lowest BCUT2D eigenvalue weighted by molar-refractivity contribution is 0.0489. The van der Waals surface area contributed by atoms with Gasteiger partial charge in [0.05, 0.1) is 18.5 Å². The molecule has 1 saturated heterocycles. The highest BCUT2D eigenvalue weighted by Gasteiger charge is 2.38. The van der Waals surface area contributed by atoms with Crippen LogP contribution in [-0.2, 0) is 17.7 Å². The zero-order valence-electron chi connectivity index (χ0n) is 16.2. The molecule has 0 unspecified atom stereocenters. The van der Waals surface area contributed by atoms with Crippen LogP contribution in [0.4, 0.5) is 4.39 Å². The molecule has 0 saturated carbocycles. The number of hydrogen-bond donors (Lipinski definition) is 1. The summed E-state index contributed by atoms with van der Waals surface area (Å²) >= 11 is 0. The summed E-state index contributed by atoms with van der Waals surface area (Å²) in [6.07, 6.45) is 6.35. The van der Waals surface area contributed by atoms with Gasteiger partial charge in [-0.05, 0) is 50.4 Å². The third kappa shape index (κ3) is 4.20. The van der Waals surface area contributed by atoms with Gasteiger partial charge in [-0.15, -0.1) is 0 Å². The van der Waals surface area contributed by atoms with E-state index >= 15 is 0 Å². The number of hydrogen-bond acceptors (Lipinski definition) is 5. The second kappa shape index (κ2) is 8.32. The van der Waals surface area contributed by atoms with Crippen molar-refractivity contribution >= 4 is 11.0 Å². The fraction of sp³-hybridized carbons (Fsp3) is 0.476. The van der Waals surface area contributed by atoms with Crippen molar-refractivity contribution in [3.05, 3.63) is 53.9 Å². The van der Waals surface area contributed by atoms with E-state index in [1.54, 1.807) is 12.5 Å². The Bertz CT molecular complexity index is 913. The molecular weight excluding hydrogens is 357 g/mol. The highest BCUT2D eigenvalue weighted by Crippen LogP contribution is 2.36. The maximum atomic E-state index is 13.2. The topological polar surface area (TPSA) is 66.9 Å². The molecule has 1 aromatic carbocycles. The molecule has 3 aromatic rings. The van der Waals surface area contributed by atoms with Crippen molar-refractivity contribution in [2.75, 3.05) is 26.3 Å². The van der Waals surface area contributed by atoms with Crippen molar-refractivity contribution in [1.82, 2.24) is 25.1 Å². The number of H-pyrrole nitrogens is 1. The van der Waals surface area contributed by atoms with Crippen LogP contribution >= 0.6 is 0 Å². The standard InChI is InChI=1S/C21H26FN5O/c1-2-28-14-21(8-7-16-3-5-17(22)6-4-16)9-10-27(13-21)12-19-20-18(25-26-19)11-23-15-24-20/h3-6,11,15H,2,7-10,12-14H2,1H3,(H,25,26)/t21-/m1/s1. The third-order valence-electron chi connectivity index (χ3n) is 5.66. The third-order valence-corrected chi connectivity index (χ3v) is 5.66. The average Bonchev–Trinajstić information content (AvgIpc) is 3.31. The van der Waals surface area contributed by atoms with Crippen LogP contribution in [0.25, 0.3) is 11.0 Å². The molecule has 0 amide bonds. The van der Waals surface area contributed by atoms with Gasteiger partial charge in [0.2, 0.25) is 0 Å². The number of aryl methyl sites for hydroxylation is 1. The Morgan fingerprint density at radius 2 is 2.14 bits per heavy atom. The van der Waals surface area contributed by atoms with Gasteiger partial charge < -0.3 is 4.74 Å². The number of fused-ring (bicyclic) bond motifs is 1. The van der Waals surface area contributed by atoms with E-state index in [9.17, 15) is 4.39 Å². The van der Waals surface area contributed by atoms with Gasteiger partial charge in [-0.1, -0.05) is 12.1 Å². The number of ether oxygens (including phenoxy) is 1. The van der Waals surface area contributed by atoms with Gasteiger partial charge in [0, 0.05) is 25.1 Å². The molecule has 6 nitrogen and oxygen atoms in total. The Morgan fingerprint density at radius 1 is 1.29 bits per heavy atom. The van der Waals surface area contributed by atoms with Gasteiger partial charge in [-0.2, -0.15) is 5.10 Å². The number of halogens is 1. The number of benzene rings is 1. The summed E-state index contributed by atoms with van der Waals surface area (Å²) < 4.78 is 19.0. The molecule has 1 atom stereocenters. The minimum Gasteiger partial charge on any atom is -0.381 e. The molecule has 1 aliphatic heterocycles. The minimum atomic E-state index is -0.185. The maximum absolute atomic E-state index is 13.2. The van der Waals surface area contributed by atoms with Gasteiger partial charge >= 0.3 is 0 Å². The summed E-state index contributed by atoms with van der Waals surface area (Å²) in [6.45, 7) is 6.30. The molecule has 2 aromatic heterocycles. The Balaban J connectivity index is 1.43. The predicted octanol–water partition coefficient (Wildman–Crippen LogP) is 3.35. The average molecular weight is 383 g/mol. The highest BCUT2D eigenvalue weighted by atomic mass is 19.1. The second-order valence-corrected chi connectivity index (χ2v) is 7.68. The van der Waals surface area contributed by atoms with E-state index in [2.05, 4.69) is 25.1 Å². The monoisotopic (exact) mass is 383 g/mol. The number of rotatable bonds is 8. The van der Waals surface area contributed by atoms with Crippen molar-refractivity contribution in [3.8, 4) is 0 Å². The van der Waals surface area contributed by atoms with E-state index in [0.717, 1.165) is 68.8 Å². The van der Waals surface area contributed by atoms with Crippen LogP contribution in [0.1, 0.15) is 31.0 Å². The largest absolute Gasteiger partial charge is 0.381 e.